The van der Waals surface area contributed by atoms with Crippen LogP contribution in [0.3, 0.4) is 0 Å². The SMILES string of the molecule is Cc1ccc([C@@H](C)NC(=O)c2ccc(N(Cc3ccccc3)S(C)(=O)=O)cc2)cc1C. The molecule has 3 aromatic carbocycles. The second-order valence-electron chi connectivity index (χ2n) is 7.84. The van der Waals surface area contributed by atoms with Crippen LogP contribution in [0.2, 0.25) is 0 Å². The average Bonchev–Trinajstić information content (AvgIpc) is 2.74. The number of amides is 1. The van der Waals surface area contributed by atoms with Crippen molar-refractivity contribution in [1.29, 1.82) is 0 Å². The maximum Gasteiger partial charge on any atom is 0.251 e. The largest absolute Gasteiger partial charge is 0.346 e. The van der Waals surface area contributed by atoms with Crippen molar-refractivity contribution < 1.29 is 13.2 Å². The fourth-order valence-electron chi connectivity index (χ4n) is 3.33. The Balaban J connectivity index is 1.75. The molecule has 3 aromatic rings. The summed E-state index contributed by atoms with van der Waals surface area (Å²) in [5.41, 5.74) is 5.32. The molecule has 31 heavy (non-hydrogen) atoms. The molecule has 0 saturated carbocycles. The highest BCUT2D eigenvalue weighted by atomic mass is 32.2. The molecule has 0 aliphatic carbocycles. The number of anilines is 1. The van der Waals surface area contributed by atoms with Crippen LogP contribution >= 0.6 is 0 Å². The summed E-state index contributed by atoms with van der Waals surface area (Å²) in [6.45, 7) is 6.28. The first-order valence-electron chi connectivity index (χ1n) is 10.1. The molecule has 1 N–H and O–H groups in total. The van der Waals surface area contributed by atoms with E-state index in [9.17, 15) is 13.2 Å². The van der Waals surface area contributed by atoms with Gasteiger partial charge in [-0.1, -0.05) is 48.5 Å². The van der Waals surface area contributed by atoms with Gasteiger partial charge in [-0.25, -0.2) is 8.42 Å². The van der Waals surface area contributed by atoms with Crippen molar-refractivity contribution in [2.75, 3.05) is 10.6 Å². The van der Waals surface area contributed by atoms with E-state index in [1.807, 2.05) is 43.3 Å². The van der Waals surface area contributed by atoms with Crippen molar-refractivity contribution in [2.45, 2.75) is 33.4 Å². The van der Waals surface area contributed by atoms with Crippen molar-refractivity contribution in [3.05, 3.63) is 101 Å². The number of carbonyl (C=O) groups excluding carboxylic acids is 1. The van der Waals surface area contributed by atoms with Crippen LogP contribution < -0.4 is 9.62 Å². The fourth-order valence-corrected chi connectivity index (χ4v) is 4.21. The summed E-state index contributed by atoms with van der Waals surface area (Å²) in [4.78, 5) is 12.7. The summed E-state index contributed by atoms with van der Waals surface area (Å²) in [6.07, 6.45) is 1.18. The molecule has 1 amide bonds. The molecule has 1 atom stereocenters. The first-order valence-corrected chi connectivity index (χ1v) is 12.0. The van der Waals surface area contributed by atoms with E-state index in [0.29, 0.717) is 11.3 Å². The Labute approximate surface area is 184 Å². The molecule has 3 rings (SSSR count). The monoisotopic (exact) mass is 436 g/mol. The van der Waals surface area contributed by atoms with Gasteiger partial charge in [-0.05, 0) is 67.3 Å². The van der Waals surface area contributed by atoms with Gasteiger partial charge >= 0.3 is 0 Å². The zero-order chi connectivity index (χ0) is 22.6. The van der Waals surface area contributed by atoms with Crippen LogP contribution in [0.1, 0.15) is 45.6 Å². The topological polar surface area (TPSA) is 66.5 Å². The lowest BCUT2D eigenvalue weighted by Gasteiger charge is -2.23. The van der Waals surface area contributed by atoms with Gasteiger partial charge in [-0.2, -0.15) is 0 Å². The number of benzene rings is 3. The molecule has 0 spiro atoms. The van der Waals surface area contributed by atoms with Crippen LogP contribution in [0.25, 0.3) is 0 Å². The van der Waals surface area contributed by atoms with Gasteiger partial charge in [0.25, 0.3) is 5.91 Å². The molecule has 6 heteroatoms. The van der Waals surface area contributed by atoms with Gasteiger partial charge in [-0.3, -0.25) is 9.10 Å². The number of hydrogen-bond acceptors (Lipinski definition) is 3. The summed E-state index contributed by atoms with van der Waals surface area (Å²) in [5.74, 6) is -0.203. The summed E-state index contributed by atoms with van der Waals surface area (Å²) < 4.78 is 26.0. The second-order valence-corrected chi connectivity index (χ2v) is 9.75. The lowest BCUT2D eigenvalue weighted by Crippen LogP contribution is -2.29. The molecular formula is C25H28N2O3S. The van der Waals surface area contributed by atoms with E-state index in [2.05, 4.69) is 31.3 Å². The maximum absolute atomic E-state index is 12.7. The number of rotatable bonds is 7. The van der Waals surface area contributed by atoms with Gasteiger partial charge in [-0.15, -0.1) is 0 Å². The summed E-state index contributed by atoms with van der Waals surface area (Å²) in [5, 5.41) is 3.01. The maximum atomic E-state index is 12.7. The Bertz CT molecular complexity index is 1160. The standard InChI is InChI=1S/C25H28N2O3S/c1-18-10-11-23(16-19(18)2)20(3)26-25(28)22-12-14-24(15-13-22)27(31(4,29)30)17-21-8-6-5-7-9-21/h5-16,20H,17H2,1-4H3,(H,26,28)/t20-/m1/s1. The van der Waals surface area contributed by atoms with Gasteiger partial charge in [0.05, 0.1) is 24.5 Å². The number of carbonyl (C=O) groups is 1. The zero-order valence-corrected chi connectivity index (χ0v) is 19.1. The van der Waals surface area contributed by atoms with Crippen LogP contribution in [-0.2, 0) is 16.6 Å². The van der Waals surface area contributed by atoms with E-state index in [0.717, 1.165) is 11.1 Å². The van der Waals surface area contributed by atoms with E-state index >= 15 is 0 Å². The molecule has 0 saturated heterocycles. The lowest BCUT2D eigenvalue weighted by molar-refractivity contribution is 0.0940. The number of aryl methyl sites for hydroxylation is 2. The Hall–Kier alpha value is -3.12. The Morgan fingerprint density at radius 1 is 0.935 bits per heavy atom. The van der Waals surface area contributed by atoms with Gasteiger partial charge in [0.1, 0.15) is 0 Å². The first kappa shape index (κ1) is 22.6. The van der Waals surface area contributed by atoms with Crippen molar-refractivity contribution in [1.82, 2.24) is 5.32 Å². The van der Waals surface area contributed by atoms with Gasteiger partial charge in [0.15, 0.2) is 0 Å². The quantitative estimate of drug-likeness (QED) is 0.581. The minimum atomic E-state index is -3.48. The smallest absolute Gasteiger partial charge is 0.251 e. The summed E-state index contributed by atoms with van der Waals surface area (Å²) in [7, 11) is -3.48. The van der Waals surface area contributed by atoms with Crippen LogP contribution in [0, 0.1) is 13.8 Å². The molecule has 0 bridgehead atoms. The van der Waals surface area contributed by atoms with E-state index in [1.54, 1.807) is 24.3 Å². The van der Waals surface area contributed by atoms with E-state index in [4.69, 9.17) is 0 Å². The Morgan fingerprint density at radius 3 is 2.16 bits per heavy atom. The Morgan fingerprint density at radius 2 is 1.58 bits per heavy atom. The van der Waals surface area contributed by atoms with Crippen molar-refractivity contribution >= 4 is 21.6 Å². The van der Waals surface area contributed by atoms with Gasteiger partial charge in [0.2, 0.25) is 10.0 Å². The van der Waals surface area contributed by atoms with Crippen molar-refractivity contribution in [2.24, 2.45) is 0 Å². The highest BCUT2D eigenvalue weighted by Crippen LogP contribution is 2.22. The van der Waals surface area contributed by atoms with Crippen LogP contribution in [0.15, 0.2) is 72.8 Å². The third kappa shape index (κ3) is 5.73. The molecular weight excluding hydrogens is 408 g/mol. The van der Waals surface area contributed by atoms with E-state index in [1.165, 1.54) is 21.7 Å². The third-order valence-electron chi connectivity index (χ3n) is 5.37. The van der Waals surface area contributed by atoms with E-state index < -0.39 is 10.0 Å². The third-order valence-corrected chi connectivity index (χ3v) is 6.51. The van der Waals surface area contributed by atoms with Crippen LogP contribution in [-0.4, -0.2) is 20.6 Å². The lowest BCUT2D eigenvalue weighted by atomic mass is 10.0. The fraction of sp³-hybridized carbons (Fsp3) is 0.240. The normalized spacial score (nSPS) is 12.3. The van der Waals surface area contributed by atoms with Crippen LogP contribution in [0.4, 0.5) is 5.69 Å². The number of hydrogen-bond donors (Lipinski definition) is 1. The van der Waals surface area contributed by atoms with Gasteiger partial charge < -0.3 is 5.32 Å². The zero-order valence-electron chi connectivity index (χ0n) is 18.3. The molecule has 0 aliphatic rings. The average molecular weight is 437 g/mol. The second kappa shape index (κ2) is 9.35. The highest BCUT2D eigenvalue weighted by molar-refractivity contribution is 7.92. The molecule has 0 aromatic heterocycles. The summed E-state index contributed by atoms with van der Waals surface area (Å²) >= 11 is 0. The molecule has 0 aliphatic heterocycles. The number of sulfonamides is 1. The van der Waals surface area contributed by atoms with Crippen molar-refractivity contribution in [3.63, 3.8) is 0 Å². The molecule has 162 valence electrons. The van der Waals surface area contributed by atoms with Gasteiger partial charge in [0, 0.05) is 5.56 Å². The Kier molecular flexibility index (Phi) is 6.81. The molecule has 0 heterocycles. The van der Waals surface area contributed by atoms with Crippen LogP contribution in [0.5, 0.6) is 0 Å². The van der Waals surface area contributed by atoms with Crippen molar-refractivity contribution in [3.8, 4) is 0 Å². The van der Waals surface area contributed by atoms with E-state index in [-0.39, 0.29) is 18.5 Å². The minimum absolute atomic E-state index is 0.142. The molecule has 0 radical (unpaired) electrons. The molecule has 0 fully saturated rings. The summed E-state index contributed by atoms with van der Waals surface area (Å²) in [6, 6.07) is 22.1. The first-order chi connectivity index (χ1) is 14.6. The molecule has 0 unspecified atom stereocenters. The minimum Gasteiger partial charge on any atom is -0.346 e. The molecule has 5 nitrogen and oxygen atoms in total. The number of nitrogens with one attached hydrogen (secondary N) is 1. The highest BCUT2D eigenvalue weighted by Gasteiger charge is 2.19. The predicted molar refractivity (Wildman–Crippen MR) is 126 cm³/mol. The number of nitrogens with zero attached hydrogens (tertiary/aromatic N) is 1. The predicted octanol–water partition coefficient (Wildman–Crippen LogP) is 4.76.